The minimum atomic E-state index is -3.91. The molecule has 0 saturated carbocycles. The summed E-state index contributed by atoms with van der Waals surface area (Å²) < 4.78 is 24.6. The first-order valence-electron chi connectivity index (χ1n) is 6.64. The van der Waals surface area contributed by atoms with E-state index in [0.717, 1.165) is 15.0 Å². The Bertz CT molecular complexity index is 1040. The standard InChI is InChI=1S/C16H12BrNO3S2/c1-9-15(11-4-2-3-5-13(11)22-9)16(19)10-6-7-12(17)14(8-10)23(18,20)21/h2-8H,1H3,(H2,18,20,21). The van der Waals surface area contributed by atoms with Crippen molar-refractivity contribution >= 4 is 53.2 Å². The molecule has 0 fully saturated rings. The second kappa shape index (κ2) is 5.83. The molecule has 0 saturated heterocycles. The fraction of sp³-hybridized carbons (Fsp3) is 0.0625. The van der Waals surface area contributed by atoms with Crippen molar-refractivity contribution in [3.8, 4) is 0 Å². The number of hydrogen-bond acceptors (Lipinski definition) is 4. The predicted octanol–water partition coefficient (Wildman–Crippen LogP) is 3.85. The lowest BCUT2D eigenvalue weighted by Crippen LogP contribution is -2.14. The van der Waals surface area contributed by atoms with Gasteiger partial charge in [-0.1, -0.05) is 18.2 Å². The van der Waals surface area contributed by atoms with Gasteiger partial charge in [0.2, 0.25) is 10.0 Å². The second-order valence-corrected chi connectivity index (χ2v) is 8.69. The minimum absolute atomic E-state index is 0.0967. The zero-order chi connectivity index (χ0) is 16.8. The molecule has 0 amide bonds. The van der Waals surface area contributed by atoms with E-state index in [4.69, 9.17) is 5.14 Å². The Morgan fingerprint density at radius 2 is 1.87 bits per heavy atom. The van der Waals surface area contributed by atoms with Crippen molar-refractivity contribution in [3.63, 3.8) is 0 Å². The Hall–Kier alpha value is -1.54. The van der Waals surface area contributed by atoms with Gasteiger partial charge < -0.3 is 0 Å². The summed E-state index contributed by atoms with van der Waals surface area (Å²) in [5, 5.41) is 6.07. The van der Waals surface area contributed by atoms with Crippen molar-refractivity contribution in [2.24, 2.45) is 5.14 Å². The zero-order valence-corrected chi connectivity index (χ0v) is 15.3. The molecule has 7 heteroatoms. The summed E-state index contributed by atoms with van der Waals surface area (Å²) >= 11 is 4.69. The van der Waals surface area contributed by atoms with Crippen LogP contribution < -0.4 is 5.14 Å². The summed E-state index contributed by atoms with van der Waals surface area (Å²) in [6, 6.07) is 12.1. The molecule has 2 N–H and O–H groups in total. The Kier molecular flexibility index (Phi) is 4.14. The number of sulfonamides is 1. The van der Waals surface area contributed by atoms with Crippen LogP contribution in [-0.2, 0) is 10.0 Å². The Morgan fingerprint density at radius 1 is 1.17 bits per heavy atom. The molecule has 0 aliphatic carbocycles. The van der Waals surface area contributed by atoms with Crippen molar-refractivity contribution in [2.45, 2.75) is 11.8 Å². The van der Waals surface area contributed by atoms with E-state index in [1.807, 2.05) is 31.2 Å². The van der Waals surface area contributed by atoms with Crippen LogP contribution in [0.5, 0.6) is 0 Å². The molecule has 0 unspecified atom stereocenters. The summed E-state index contributed by atoms with van der Waals surface area (Å²) in [6.07, 6.45) is 0. The highest BCUT2D eigenvalue weighted by Gasteiger charge is 2.21. The van der Waals surface area contributed by atoms with Crippen LogP contribution in [0.4, 0.5) is 0 Å². The van der Waals surface area contributed by atoms with Crippen LogP contribution in [0.3, 0.4) is 0 Å². The number of rotatable bonds is 3. The number of carbonyl (C=O) groups excluding carboxylic acids is 1. The van der Waals surface area contributed by atoms with Crippen LogP contribution in [0, 0.1) is 6.92 Å². The number of aryl methyl sites for hydroxylation is 1. The maximum atomic E-state index is 12.9. The second-order valence-electron chi connectivity index (χ2n) is 5.05. The number of ketones is 1. The Labute approximate surface area is 146 Å². The highest BCUT2D eigenvalue weighted by molar-refractivity contribution is 9.10. The molecule has 118 valence electrons. The van der Waals surface area contributed by atoms with Crippen LogP contribution in [-0.4, -0.2) is 14.2 Å². The monoisotopic (exact) mass is 409 g/mol. The van der Waals surface area contributed by atoms with E-state index in [2.05, 4.69) is 15.9 Å². The van der Waals surface area contributed by atoms with E-state index in [-0.39, 0.29) is 10.7 Å². The van der Waals surface area contributed by atoms with E-state index in [1.165, 1.54) is 12.1 Å². The van der Waals surface area contributed by atoms with Crippen molar-refractivity contribution in [3.05, 3.63) is 62.9 Å². The first kappa shape index (κ1) is 16.3. The largest absolute Gasteiger partial charge is 0.289 e. The molecular formula is C16H12BrNO3S2. The van der Waals surface area contributed by atoms with Gasteiger partial charge in [0.15, 0.2) is 5.78 Å². The summed E-state index contributed by atoms with van der Waals surface area (Å²) in [5.74, 6) is -0.211. The smallest absolute Gasteiger partial charge is 0.239 e. The number of hydrogen-bond donors (Lipinski definition) is 1. The molecule has 2 aromatic carbocycles. The summed E-state index contributed by atoms with van der Waals surface area (Å²) in [7, 11) is -3.91. The van der Waals surface area contributed by atoms with Gasteiger partial charge in [-0.15, -0.1) is 11.3 Å². The molecule has 0 bridgehead atoms. The first-order chi connectivity index (χ1) is 10.8. The van der Waals surface area contributed by atoms with E-state index in [1.54, 1.807) is 17.4 Å². The number of thiophene rings is 1. The Balaban J connectivity index is 2.19. The maximum Gasteiger partial charge on any atom is 0.239 e. The van der Waals surface area contributed by atoms with Gasteiger partial charge in [0.25, 0.3) is 0 Å². The van der Waals surface area contributed by atoms with Crippen LogP contribution in [0.25, 0.3) is 10.1 Å². The van der Waals surface area contributed by atoms with Crippen LogP contribution >= 0.6 is 27.3 Å². The van der Waals surface area contributed by atoms with Gasteiger partial charge in [0, 0.05) is 30.6 Å². The van der Waals surface area contributed by atoms with Crippen LogP contribution in [0.2, 0.25) is 0 Å². The number of carbonyl (C=O) groups is 1. The molecule has 1 heterocycles. The van der Waals surface area contributed by atoms with Crippen LogP contribution in [0.1, 0.15) is 20.8 Å². The lowest BCUT2D eigenvalue weighted by molar-refractivity contribution is 0.104. The van der Waals surface area contributed by atoms with Gasteiger partial charge in [-0.3, -0.25) is 4.79 Å². The minimum Gasteiger partial charge on any atom is -0.289 e. The molecule has 4 nitrogen and oxygen atoms in total. The molecule has 0 spiro atoms. The number of benzene rings is 2. The third-order valence-electron chi connectivity index (χ3n) is 3.50. The molecule has 0 aliphatic heterocycles. The van der Waals surface area contributed by atoms with Crippen LogP contribution in [0.15, 0.2) is 51.8 Å². The third-order valence-corrected chi connectivity index (χ3v) is 6.49. The highest BCUT2D eigenvalue weighted by atomic mass is 79.9. The number of halogens is 1. The average Bonchev–Trinajstić information content (AvgIpc) is 2.81. The number of nitrogens with two attached hydrogens (primary N) is 1. The van der Waals surface area contributed by atoms with E-state index in [9.17, 15) is 13.2 Å². The van der Waals surface area contributed by atoms with Crippen molar-refractivity contribution in [1.82, 2.24) is 0 Å². The van der Waals surface area contributed by atoms with Gasteiger partial charge in [0.1, 0.15) is 0 Å². The van der Waals surface area contributed by atoms with Gasteiger partial charge in [-0.25, -0.2) is 13.6 Å². The lowest BCUT2D eigenvalue weighted by atomic mass is 10.0. The van der Waals surface area contributed by atoms with Gasteiger partial charge >= 0.3 is 0 Å². The highest BCUT2D eigenvalue weighted by Crippen LogP contribution is 2.33. The number of primary sulfonamides is 1. The molecule has 0 aliphatic rings. The zero-order valence-electron chi connectivity index (χ0n) is 12.0. The quantitative estimate of drug-likeness (QED) is 0.667. The maximum absolute atomic E-state index is 12.9. The SMILES string of the molecule is Cc1sc2ccccc2c1C(=O)c1ccc(Br)c(S(N)(=O)=O)c1. The summed E-state index contributed by atoms with van der Waals surface area (Å²) in [5.41, 5.74) is 0.900. The molecular weight excluding hydrogens is 398 g/mol. The lowest BCUT2D eigenvalue weighted by Gasteiger charge is -2.06. The molecule has 1 aromatic heterocycles. The van der Waals surface area contributed by atoms with Gasteiger partial charge in [-0.2, -0.15) is 0 Å². The van der Waals surface area contributed by atoms with Crippen molar-refractivity contribution < 1.29 is 13.2 Å². The predicted molar refractivity (Wildman–Crippen MR) is 95.5 cm³/mol. The third kappa shape index (κ3) is 2.97. The average molecular weight is 410 g/mol. The molecule has 0 atom stereocenters. The van der Waals surface area contributed by atoms with Gasteiger partial charge in [0.05, 0.1) is 4.90 Å². The molecule has 23 heavy (non-hydrogen) atoms. The molecule has 3 rings (SSSR count). The summed E-state index contributed by atoms with van der Waals surface area (Å²) in [6.45, 7) is 1.89. The van der Waals surface area contributed by atoms with Crippen molar-refractivity contribution in [1.29, 1.82) is 0 Å². The van der Waals surface area contributed by atoms with E-state index < -0.39 is 10.0 Å². The normalized spacial score (nSPS) is 11.8. The van der Waals surface area contributed by atoms with Crippen molar-refractivity contribution in [2.75, 3.05) is 0 Å². The molecule has 0 radical (unpaired) electrons. The van der Waals surface area contributed by atoms with Gasteiger partial charge in [-0.05, 0) is 47.1 Å². The van der Waals surface area contributed by atoms with E-state index >= 15 is 0 Å². The number of fused-ring (bicyclic) bond motifs is 1. The molecule has 3 aromatic rings. The van der Waals surface area contributed by atoms with E-state index in [0.29, 0.717) is 15.6 Å². The fourth-order valence-electron chi connectivity index (χ4n) is 2.46. The first-order valence-corrected chi connectivity index (χ1v) is 9.80. The Morgan fingerprint density at radius 3 is 2.57 bits per heavy atom. The fourth-order valence-corrected chi connectivity index (χ4v) is 5.07. The topological polar surface area (TPSA) is 77.2 Å². The summed E-state index contributed by atoms with van der Waals surface area (Å²) in [4.78, 5) is 13.7.